The molecule has 0 spiro atoms. The van der Waals surface area contributed by atoms with Gasteiger partial charge in [-0.05, 0) is 61.9 Å². The molecule has 0 unspecified atom stereocenters. The molecule has 26 heavy (non-hydrogen) atoms. The van der Waals surface area contributed by atoms with Crippen molar-refractivity contribution >= 4 is 11.8 Å². The molecular formula is C20H18FNO4. The Kier molecular flexibility index (Phi) is 6.86. The summed E-state index contributed by atoms with van der Waals surface area (Å²) in [5.74, 6) is -0.613. The Morgan fingerprint density at radius 2 is 1.77 bits per heavy atom. The van der Waals surface area contributed by atoms with Crippen LogP contribution in [0.15, 0.2) is 48.5 Å². The average Bonchev–Trinajstić information content (AvgIpc) is 2.66. The molecule has 6 heteroatoms. The maximum Gasteiger partial charge on any atom is 0.347 e. The Labute approximate surface area is 151 Å². The van der Waals surface area contributed by atoms with E-state index in [1.165, 1.54) is 24.3 Å². The standard InChI is InChI=1S/C20H18FNO4/c1-14(26-18-10-4-15(13-22)5-11-18)20(24)25-12-2-3-19(23)16-6-8-17(21)9-7-16/h4-11,14H,2-3,12H2,1H3/t14-/m1/s1. The van der Waals surface area contributed by atoms with Crippen LogP contribution >= 0.6 is 0 Å². The minimum absolute atomic E-state index is 0.0901. The first-order valence-electron chi connectivity index (χ1n) is 8.12. The third kappa shape index (κ3) is 5.71. The molecule has 0 saturated carbocycles. The number of hydrogen-bond acceptors (Lipinski definition) is 5. The molecule has 2 aromatic carbocycles. The number of hydrogen-bond donors (Lipinski definition) is 0. The average molecular weight is 355 g/mol. The van der Waals surface area contributed by atoms with Gasteiger partial charge in [0.25, 0.3) is 0 Å². The summed E-state index contributed by atoms with van der Waals surface area (Å²) in [4.78, 5) is 23.8. The maximum atomic E-state index is 12.8. The molecule has 2 rings (SSSR count). The van der Waals surface area contributed by atoms with Gasteiger partial charge in [0, 0.05) is 12.0 Å². The normalized spacial score (nSPS) is 11.3. The summed E-state index contributed by atoms with van der Waals surface area (Å²) in [6.45, 7) is 1.65. The van der Waals surface area contributed by atoms with E-state index in [-0.39, 0.29) is 18.8 Å². The third-order valence-electron chi connectivity index (χ3n) is 3.59. The summed E-state index contributed by atoms with van der Waals surface area (Å²) in [6, 6.07) is 13.7. The van der Waals surface area contributed by atoms with Gasteiger partial charge in [-0.15, -0.1) is 0 Å². The van der Waals surface area contributed by atoms with Crippen LogP contribution in [-0.2, 0) is 9.53 Å². The van der Waals surface area contributed by atoms with Crippen molar-refractivity contribution in [3.05, 3.63) is 65.5 Å². The molecular weight excluding hydrogens is 337 g/mol. The highest BCUT2D eigenvalue weighted by molar-refractivity contribution is 5.95. The van der Waals surface area contributed by atoms with Gasteiger partial charge in [0.05, 0.1) is 18.2 Å². The lowest BCUT2D eigenvalue weighted by Gasteiger charge is -2.14. The zero-order chi connectivity index (χ0) is 18.9. The van der Waals surface area contributed by atoms with Crippen LogP contribution in [0.3, 0.4) is 0 Å². The fourth-order valence-corrected chi connectivity index (χ4v) is 2.16. The van der Waals surface area contributed by atoms with Gasteiger partial charge in [0.2, 0.25) is 0 Å². The highest BCUT2D eigenvalue weighted by Gasteiger charge is 2.16. The number of benzene rings is 2. The zero-order valence-corrected chi connectivity index (χ0v) is 14.3. The summed E-state index contributed by atoms with van der Waals surface area (Å²) in [6.07, 6.45) is -0.245. The second kappa shape index (κ2) is 9.33. The van der Waals surface area contributed by atoms with Gasteiger partial charge >= 0.3 is 5.97 Å². The highest BCUT2D eigenvalue weighted by Crippen LogP contribution is 2.14. The van der Waals surface area contributed by atoms with Crippen LogP contribution in [0.5, 0.6) is 5.75 Å². The maximum absolute atomic E-state index is 12.8. The van der Waals surface area contributed by atoms with E-state index in [9.17, 15) is 14.0 Å². The van der Waals surface area contributed by atoms with Crippen LogP contribution in [0, 0.1) is 17.1 Å². The van der Waals surface area contributed by atoms with Gasteiger partial charge in [-0.2, -0.15) is 5.26 Å². The van der Waals surface area contributed by atoms with Gasteiger partial charge in [-0.3, -0.25) is 4.79 Å². The Morgan fingerprint density at radius 1 is 1.12 bits per heavy atom. The molecule has 0 N–H and O–H groups in total. The fourth-order valence-electron chi connectivity index (χ4n) is 2.16. The number of rotatable bonds is 8. The number of carbonyl (C=O) groups is 2. The topological polar surface area (TPSA) is 76.4 Å². The lowest BCUT2D eigenvalue weighted by atomic mass is 10.1. The summed E-state index contributed by atoms with van der Waals surface area (Å²) >= 11 is 0. The predicted octanol–water partition coefficient (Wildman–Crippen LogP) is 3.67. The van der Waals surface area contributed by atoms with E-state index in [1.807, 2.05) is 6.07 Å². The van der Waals surface area contributed by atoms with Crippen molar-refractivity contribution in [3.63, 3.8) is 0 Å². The van der Waals surface area contributed by atoms with E-state index in [4.69, 9.17) is 14.7 Å². The fraction of sp³-hybridized carbons (Fsp3) is 0.250. The lowest BCUT2D eigenvalue weighted by Crippen LogP contribution is -2.26. The highest BCUT2D eigenvalue weighted by atomic mass is 19.1. The molecule has 0 bridgehead atoms. The third-order valence-corrected chi connectivity index (χ3v) is 3.59. The SMILES string of the molecule is C[C@@H](Oc1ccc(C#N)cc1)C(=O)OCCCC(=O)c1ccc(F)cc1. The van der Waals surface area contributed by atoms with Gasteiger partial charge in [0.1, 0.15) is 11.6 Å². The van der Waals surface area contributed by atoms with E-state index >= 15 is 0 Å². The molecule has 0 aromatic heterocycles. The first-order valence-corrected chi connectivity index (χ1v) is 8.12. The molecule has 0 aliphatic heterocycles. The number of esters is 1. The number of ketones is 1. The van der Waals surface area contributed by atoms with E-state index < -0.39 is 17.9 Å². The lowest BCUT2D eigenvalue weighted by molar-refractivity contribution is -0.151. The minimum atomic E-state index is -0.810. The first kappa shape index (κ1) is 19.1. The van der Waals surface area contributed by atoms with Crippen molar-refractivity contribution in [2.24, 2.45) is 0 Å². The minimum Gasteiger partial charge on any atom is -0.479 e. The molecule has 0 radical (unpaired) electrons. The predicted molar refractivity (Wildman–Crippen MR) is 92.2 cm³/mol. The molecule has 1 atom stereocenters. The van der Waals surface area contributed by atoms with Crippen molar-refractivity contribution in [1.82, 2.24) is 0 Å². The molecule has 0 amide bonds. The Bertz CT molecular complexity index is 794. The first-order chi connectivity index (χ1) is 12.5. The van der Waals surface area contributed by atoms with Crippen molar-refractivity contribution in [1.29, 1.82) is 5.26 Å². The van der Waals surface area contributed by atoms with Crippen LogP contribution in [0.4, 0.5) is 4.39 Å². The van der Waals surface area contributed by atoms with E-state index in [2.05, 4.69) is 0 Å². The number of halogens is 1. The van der Waals surface area contributed by atoms with Crippen molar-refractivity contribution in [2.75, 3.05) is 6.61 Å². The zero-order valence-electron chi connectivity index (χ0n) is 14.3. The second-order valence-electron chi connectivity index (χ2n) is 5.60. The van der Waals surface area contributed by atoms with Crippen LogP contribution in [0.1, 0.15) is 35.7 Å². The van der Waals surface area contributed by atoms with Crippen LogP contribution in [0.25, 0.3) is 0 Å². The molecule has 5 nitrogen and oxygen atoms in total. The van der Waals surface area contributed by atoms with Crippen LogP contribution in [-0.4, -0.2) is 24.5 Å². The van der Waals surface area contributed by atoms with Gasteiger partial charge in [-0.1, -0.05) is 0 Å². The van der Waals surface area contributed by atoms with E-state index in [1.54, 1.807) is 31.2 Å². The smallest absolute Gasteiger partial charge is 0.347 e. The largest absolute Gasteiger partial charge is 0.479 e. The molecule has 0 fully saturated rings. The van der Waals surface area contributed by atoms with Crippen molar-refractivity contribution in [3.8, 4) is 11.8 Å². The molecule has 2 aromatic rings. The number of nitriles is 1. The molecule has 0 saturated heterocycles. The molecule has 0 heterocycles. The van der Waals surface area contributed by atoms with Crippen LogP contribution < -0.4 is 4.74 Å². The summed E-state index contributed by atoms with van der Waals surface area (Å²) < 4.78 is 23.4. The van der Waals surface area contributed by atoms with E-state index in [0.29, 0.717) is 23.3 Å². The summed E-state index contributed by atoms with van der Waals surface area (Å²) in [5, 5.41) is 8.74. The van der Waals surface area contributed by atoms with Crippen molar-refractivity contribution < 1.29 is 23.5 Å². The van der Waals surface area contributed by atoms with Gasteiger partial charge in [0.15, 0.2) is 11.9 Å². The van der Waals surface area contributed by atoms with Gasteiger partial charge in [-0.25, -0.2) is 9.18 Å². The Morgan fingerprint density at radius 3 is 2.38 bits per heavy atom. The monoisotopic (exact) mass is 355 g/mol. The number of Topliss-reactive ketones (excluding diaryl/α,β-unsaturated/α-hetero) is 1. The quantitative estimate of drug-likeness (QED) is 0.410. The number of nitrogens with zero attached hydrogens (tertiary/aromatic N) is 1. The molecule has 0 aliphatic carbocycles. The number of carbonyl (C=O) groups excluding carboxylic acids is 2. The Hall–Kier alpha value is -3.20. The second-order valence-corrected chi connectivity index (χ2v) is 5.60. The summed E-state index contributed by atoms with van der Waals surface area (Å²) in [5.41, 5.74) is 0.925. The summed E-state index contributed by atoms with van der Waals surface area (Å²) in [7, 11) is 0. The number of ether oxygens (including phenoxy) is 2. The van der Waals surface area contributed by atoms with E-state index in [0.717, 1.165) is 0 Å². The Balaban J connectivity index is 1.71. The molecule has 134 valence electrons. The van der Waals surface area contributed by atoms with Crippen LogP contribution in [0.2, 0.25) is 0 Å². The van der Waals surface area contributed by atoms with Gasteiger partial charge < -0.3 is 9.47 Å². The van der Waals surface area contributed by atoms with Crippen molar-refractivity contribution in [2.45, 2.75) is 25.9 Å². The molecule has 0 aliphatic rings.